The van der Waals surface area contributed by atoms with Crippen LogP contribution in [-0.4, -0.2) is 6.54 Å². The normalized spacial score (nSPS) is 13.3. The van der Waals surface area contributed by atoms with Crippen molar-refractivity contribution in [3.05, 3.63) is 76.4 Å². The summed E-state index contributed by atoms with van der Waals surface area (Å²) in [5.41, 5.74) is 9.36. The van der Waals surface area contributed by atoms with Crippen LogP contribution in [0.3, 0.4) is 0 Å². The summed E-state index contributed by atoms with van der Waals surface area (Å²) < 4.78 is 0. The van der Waals surface area contributed by atoms with Crippen LogP contribution in [-0.2, 0) is 6.42 Å². The second kappa shape index (κ2) is 6.23. The summed E-state index contributed by atoms with van der Waals surface area (Å²) in [5.74, 6) is 0. The minimum absolute atomic E-state index is 0.936. The first-order chi connectivity index (χ1) is 10.8. The molecule has 2 aromatic rings. The lowest BCUT2D eigenvalue weighted by Gasteiger charge is -2.20. The SMILES string of the molecule is C/C=C(/c1ccccc1)c1cc2c(c(C)c1NCC)CC=C2. The van der Waals surface area contributed by atoms with Crippen LogP contribution in [0.25, 0.3) is 11.6 Å². The molecule has 0 radical (unpaired) electrons. The summed E-state index contributed by atoms with van der Waals surface area (Å²) in [5, 5.41) is 3.59. The lowest BCUT2D eigenvalue weighted by atomic mass is 9.90. The van der Waals surface area contributed by atoms with Gasteiger partial charge in [0.1, 0.15) is 0 Å². The zero-order valence-electron chi connectivity index (χ0n) is 13.6. The van der Waals surface area contributed by atoms with Crippen molar-refractivity contribution in [3.63, 3.8) is 0 Å². The molecule has 0 fully saturated rings. The summed E-state index contributed by atoms with van der Waals surface area (Å²) in [4.78, 5) is 0. The minimum atomic E-state index is 0.936. The Bertz CT molecular complexity index is 736. The summed E-state index contributed by atoms with van der Waals surface area (Å²) in [7, 11) is 0. The average molecular weight is 289 g/mol. The molecule has 1 aliphatic carbocycles. The van der Waals surface area contributed by atoms with Crippen molar-refractivity contribution in [1.82, 2.24) is 0 Å². The van der Waals surface area contributed by atoms with Gasteiger partial charge in [-0.1, -0.05) is 48.6 Å². The maximum absolute atomic E-state index is 3.59. The molecule has 0 aliphatic heterocycles. The summed E-state index contributed by atoms with van der Waals surface area (Å²) in [6.45, 7) is 7.46. The van der Waals surface area contributed by atoms with E-state index >= 15 is 0 Å². The Balaban J connectivity index is 2.20. The molecule has 0 heterocycles. The van der Waals surface area contributed by atoms with Crippen LogP contribution in [0.15, 0.2) is 48.6 Å². The molecule has 112 valence electrons. The monoisotopic (exact) mass is 289 g/mol. The Kier molecular flexibility index (Phi) is 4.15. The maximum Gasteiger partial charge on any atom is 0.0452 e. The first kappa shape index (κ1) is 14.6. The lowest BCUT2D eigenvalue weighted by Crippen LogP contribution is -2.06. The van der Waals surface area contributed by atoms with E-state index in [1.165, 1.54) is 39.1 Å². The van der Waals surface area contributed by atoms with Gasteiger partial charge in [-0.15, -0.1) is 0 Å². The number of benzene rings is 2. The number of hydrogen-bond acceptors (Lipinski definition) is 1. The molecule has 0 spiro atoms. The van der Waals surface area contributed by atoms with Crippen LogP contribution >= 0.6 is 0 Å². The largest absolute Gasteiger partial charge is 0.385 e. The Morgan fingerprint density at radius 1 is 1.23 bits per heavy atom. The van der Waals surface area contributed by atoms with E-state index in [1.54, 1.807) is 0 Å². The van der Waals surface area contributed by atoms with E-state index in [2.05, 4.69) is 80.7 Å². The molecule has 2 aromatic carbocycles. The predicted molar refractivity (Wildman–Crippen MR) is 97.3 cm³/mol. The number of fused-ring (bicyclic) bond motifs is 1. The van der Waals surface area contributed by atoms with Gasteiger partial charge in [-0.3, -0.25) is 0 Å². The Labute approximate surface area is 133 Å². The van der Waals surface area contributed by atoms with Crippen molar-refractivity contribution in [2.24, 2.45) is 0 Å². The van der Waals surface area contributed by atoms with Crippen LogP contribution in [0, 0.1) is 6.92 Å². The van der Waals surface area contributed by atoms with Crippen LogP contribution in [0.1, 0.15) is 41.7 Å². The molecular formula is C21H23N. The van der Waals surface area contributed by atoms with Gasteiger partial charge in [-0.2, -0.15) is 0 Å². The zero-order chi connectivity index (χ0) is 15.5. The third-order valence-corrected chi connectivity index (χ3v) is 4.38. The van der Waals surface area contributed by atoms with Gasteiger partial charge in [0.25, 0.3) is 0 Å². The third-order valence-electron chi connectivity index (χ3n) is 4.38. The molecule has 1 N–H and O–H groups in total. The Hall–Kier alpha value is -2.28. The minimum Gasteiger partial charge on any atom is -0.385 e. The number of rotatable bonds is 4. The van der Waals surface area contributed by atoms with Crippen molar-refractivity contribution >= 4 is 17.3 Å². The fourth-order valence-electron chi connectivity index (χ4n) is 3.32. The molecule has 0 amide bonds. The van der Waals surface area contributed by atoms with Crippen LogP contribution < -0.4 is 5.32 Å². The van der Waals surface area contributed by atoms with E-state index in [0.717, 1.165) is 13.0 Å². The molecule has 1 heteroatoms. The molecule has 0 saturated carbocycles. The number of hydrogen-bond donors (Lipinski definition) is 1. The van der Waals surface area contributed by atoms with Crippen molar-refractivity contribution < 1.29 is 0 Å². The van der Waals surface area contributed by atoms with E-state index in [9.17, 15) is 0 Å². The molecule has 0 unspecified atom stereocenters. The molecule has 0 atom stereocenters. The molecule has 1 nitrogen and oxygen atoms in total. The number of nitrogens with one attached hydrogen (secondary N) is 1. The quantitative estimate of drug-likeness (QED) is 0.789. The summed E-state index contributed by atoms with van der Waals surface area (Å²) in [6.07, 6.45) is 7.78. The van der Waals surface area contributed by atoms with Crippen LogP contribution in [0.5, 0.6) is 0 Å². The number of anilines is 1. The van der Waals surface area contributed by atoms with E-state index in [4.69, 9.17) is 0 Å². The molecule has 22 heavy (non-hydrogen) atoms. The highest BCUT2D eigenvalue weighted by atomic mass is 14.9. The lowest BCUT2D eigenvalue weighted by molar-refractivity contribution is 1.16. The predicted octanol–water partition coefficient (Wildman–Crippen LogP) is 5.45. The Morgan fingerprint density at radius 3 is 2.68 bits per heavy atom. The molecule has 1 aliphatic rings. The fourth-order valence-corrected chi connectivity index (χ4v) is 3.32. The standard InChI is InChI=1S/C21H23N/c1-4-18(16-10-7-6-8-11-16)20-14-17-12-9-13-19(17)15(3)21(20)22-5-2/h4,6-12,14,22H,5,13H2,1-3H3/b18-4-. The molecule has 0 aromatic heterocycles. The van der Waals surface area contributed by atoms with Crippen molar-refractivity contribution in [2.45, 2.75) is 27.2 Å². The molecule has 0 saturated heterocycles. The Morgan fingerprint density at radius 2 is 2.00 bits per heavy atom. The van der Waals surface area contributed by atoms with Gasteiger partial charge in [0.05, 0.1) is 0 Å². The number of allylic oxidation sites excluding steroid dienone is 2. The van der Waals surface area contributed by atoms with Gasteiger partial charge in [-0.05, 0) is 61.1 Å². The van der Waals surface area contributed by atoms with E-state index in [-0.39, 0.29) is 0 Å². The van der Waals surface area contributed by atoms with E-state index in [1.807, 2.05) is 0 Å². The molecular weight excluding hydrogens is 266 g/mol. The third kappa shape index (κ3) is 2.48. The summed E-state index contributed by atoms with van der Waals surface area (Å²) in [6, 6.07) is 13.0. The van der Waals surface area contributed by atoms with E-state index in [0.29, 0.717) is 0 Å². The maximum atomic E-state index is 3.59. The molecule has 3 rings (SSSR count). The summed E-state index contributed by atoms with van der Waals surface area (Å²) >= 11 is 0. The van der Waals surface area contributed by atoms with Crippen LogP contribution in [0.2, 0.25) is 0 Å². The van der Waals surface area contributed by atoms with Gasteiger partial charge >= 0.3 is 0 Å². The van der Waals surface area contributed by atoms with E-state index < -0.39 is 0 Å². The van der Waals surface area contributed by atoms with Gasteiger partial charge in [0, 0.05) is 17.8 Å². The van der Waals surface area contributed by atoms with Gasteiger partial charge in [0.2, 0.25) is 0 Å². The first-order valence-electron chi connectivity index (χ1n) is 8.05. The smallest absolute Gasteiger partial charge is 0.0452 e. The second-order valence-electron chi connectivity index (χ2n) is 5.70. The van der Waals surface area contributed by atoms with Crippen molar-refractivity contribution in [3.8, 4) is 0 Å². The fraction of sp³-hybridized carbons (Fsp3) is 0.238. The zero-order valence-corrected chi connectivity index (χ0v) is 13.6. The van der Waals surface area contributed by atoms with Gasteiger partial charge < -0.3 is 5.32 Å². The average Bonchev–Trinajstić information content (AvgIpc) is 3.01. The van der Waals surface area contributed by atoms with Crippen molar-refractivity contribution in [1.29, 1.82) is 0 Å². The highest BCUT2D eigenvalue weighted by Gasteiger charge is 2.18. The van der Waals surface area contributed by atoms with Crippen LogP contribution in [0.4, 0.5) is 5.69 Å². The first-order valence-corrected chi connectivity index (χ1v) is 8.05. The highest BCUT2D eigenvalue weighted by molar-refractivity contribution is 5.89. The molecule has 0 bridgehead atoms. The highest BCUT2D eigenvalue weighted by Crippen LogP contribution is 2.37. The second-order valence-corrected chi connectivity index (χ2v) is 5.70. The topological polar surface area (TPSA) is 12.0 Å². The van der Waals surface area contributed by atoms with Crippen molar-refractivity contribution in [2.75, 3.05) is 11.9 Å². The van der Waals surface area contributed by atoms with Gasteiger partial charge in [0.15, 0.2) is 0 Å². The van der Waals surface area contributed by atoms with Gasteiger partial charge in [-0.25, -0.2) is 0 Å².